The van der Waals surface area contributed by atoms with Gasteiger partial charge in [0.15, 0.2) is 0 Å². The average molecular weight is 368 g/mol. The molecule has 2 amide bonds. The number of hydrogen-bond donors (Lipinski definition) is 0. The summed E-state index contributed by atoms with van der Waals surface area (Å²) in [7, 11) is 0. The number of hydrogen-bond acceptors (Lipinski definition) is 5. The summed E-state index contributed by atoms with van der Waals surface area (Å²) in [6, 6.07) is -0.975. The predicted molar refractivity (Wildman–Crippen MR) is 95.9 cm³/mol. The molecular weight excluding hydrogens is 340 g/mol. The van der Waals surface area contributed by atoms with Crippen molar-refractivity contribution in [1.29, 1.82) is 0 Å². The predicted octanol–water partition coefficient (Wildman–Crippen LogP) is 2.16. The van der Waals surface area contributed by atoms with Crippen molar-refractivity contribution in [3.8, 4) is 0 Å². The number of carbonyl (C=O) groups is 3. The highest BCUT2D eigenvalue weighted by atomic mass is 32.2. The number of carbonyl (C=O) groups excluding carboxylic acids is 3. The number of amides is 2. The topological polar surface area (TPSA) is 66.9 Å². The van der Waals surface area contributed by atoms with Gasteiger partial charge in [0.2, 0.25) is 12.3 Å². The van der Waals surface area contributed by atoms with Crippen LogP contribution in [0.5, 0.6) is 0 Å². The van der Waals surface area contributed by atoms with E-state index in [1.807, 2.05) is 13.8 Å². The van der Waals surface area contributed by atoms with E-state index in [0.717, 1.165) is 38.5 Å². The molecule has 0 N–H and O–H groups in total. The highest BCUT2D eigenvalue weighted by Gasteiger charge is 2.47. The Morgan fingerprint density at radius 2 is 1.80 bits per heavy atom. The molecule has 0 spiro atoms. The Labute approximate surface area is 153 Å². The summed E-state index contributed by atoms with van der Waals surface area (Å²) in [5, 5.41) is 0. The lowest BCUT2D eigenvalue weighted by atomic mass is 9.98. The first kappa shape index (κ1) is 18.5. The van der Waals surface area contributed by atoms with Crippen LogP contribution in [0.15, 0.2) is 0 Å². The van der Waals surface area contributed by atoms with Crippen molar-refractivity contribution < 1.29 is 19.1 Å². The summed E-state index contributed by atoms with van der Waals surface area (Å²) in [5.74, 6) is 0.194. The zero-order valence-electron chi connectivity index (χ0n) is 15.1. The maximum atomic E-state index is 13.0. The van der Waals surface area contributed by atoms with Crippen molar-refractivity contribution >= 4 is 30.0 Å². The summed E-state index contributed by atoms with van der Waals surface area (Å²) >= 11 is 1.60. The molecule has 0 aromatic heterocycles. The number of rotatable bonds is 4. The maximum absolute atomic E-state index is 13.0. The lowest BCUT2D eigenvalue weighted by Crippen LogP contribution is -2.53. The second-order valence-electron chi connectivity index (χ2n) is 7.67. The van der Waals surface area contributed by atoms with Gasteiger partial charge in [-0.05, 0) is 52.4 Å². The third-order valence-corrected chi connectivity index (χ3v) is 6.99. The molecule has 2 aliphatic heterocycles. The molecule has 6 nitrogen and oxygen atoms in total. The van der Waals surface area contributed by atoms with Crippen LogP contribution in [0.1, 0.15) is 58.8 Å². The molecule has 3 aliphatic rings. The fourth-order valence-electron chi connectivity index (χ4n) is 4.10. The van der Waals surface area contributed by atoms with Gasteiger partial charge in [0.1, 0.15) is 18.2 Å². The van der Waals surface area contributed by atoms with Crippen LogP contribution in [0, 0.1) is 0 Å². The van der Waals surface area contributed by atoms with Crippen molar-refractivity contribution in [2.24, 2.45) is 0 Å². The van der Waals surface area contributed by atoms with Gasteiger partial charge in [-0.1, -0.05) is 6.42 Å². The Kier molecular flexibility index (Phi) is 5.61. The third kappa shape index (κ3) is 3.81. The van der Waals surface area contributed by atoms with Gasteiger partial charge in [0.05, 0.1) is 4.87 Å². The number of likely N-dealkylation sites (tertiary alicyclic amines) is 1. The van der Waals surface area contributed by atoms with Crippen molar-refractivity contribution in [1.82, 2.24) is 9.80 Å². The van der Waals surface area contributed by atoms with Crippen molar-refractivity contribution in [3.05, 3.63) is 0 Å². The van der Waals surface area contributed by atoms with E-state index in [1.54, 1.807) is 21.6 Å². The normalized spacial score (nSPS) is 29.7. The molecule has 25 heavy (non-hydrogen) atoms. The average Bonchev–Trinajstić information content (AvgIpc) is 3.19. The second kappa shape index (κ2) is 7.56. The van der Waals surface area contributed by atoms with E-state index in [0.29, 0.717) is 18.7 Å². The molecule has 3 fully saturated rings. The van der Waals surface area contributed by atoms with Gasteiger partial charge in [0.25, 0.3) is 0 Å². The first-order valence-electron chi connectivity index (χ1n) is 9.32. The number of ether oxygens (including phenoxy) is 1. The first-order chi connectivity index (χ1) is 11.9. The van der Waals surface area contributed by atoms with Gasteiger partial charge in [-0.3, -0.25) is 9.59 Å². The summed E-state index contributed by atoms with van der Waals surface area (Å²) < 4.78 is 5.69. The summed E-state index contributed by atoms with van der Waals surface area (Å²) in [6.45, 7) is 4.45. The highest BCUT2D eigenvalue weighted by Crippen LogP contribution is 2.39. The Morgan fingerprint density at radius 3 is 2.48 bits per heavy atom. The molecule has 7 heteroatoms. The molecular formula is C18H28N2O4S. The standard InChI is InChI=1S/C18H28N2O4S/c1-18(2)20(12-21)15(11-25-18)16(22)19-10-6-9-14(19)17(23)24-13-7-4-3-5-8-13/h12-15H,3-11H2,1-2H3/t14-,15-/m1/s1. The van der Waals surface area contributed by atoms with Crippen LogP contribution in [0.3, 0.4) is 0 Å². The minimum absolute atomic E-state index is 0.00578. The van der Waals surface area contributed by atoms with Crippen molar-refractivity contribution in [2.75, 3.05) is 12.3 Å². The molecule has 0 aromatic carbocycles. The Hall–Kier alpha value is -1.24. The van der Waals surface area contributed by atoms with E-state index in [-0.39, 0.29) is 22.9 Å². The molecule has 0 bridgehead atoms. The van der Waals surface area contributed by atoms with Gasteiger partial charge < -0.3 is 14.5 Å². The zero-order chi connectivity index (χ0) is 18.0. The molecule has 1 saturated carbocycles. The molecule has 0 aromatic rings. The van der Waals surface area contributed by atoms with E-state index in [2.05, 4.69) is 0 Å². The van der Waals surface area contributed by atoms with Crippen molar-refractivity contribution in [3.63, 3.8) is 0 Å². The van der Waals surface area contributed by atoms with E-state index in [1.165, 1.54) is 6.42 Å². The molecule has 3 rings (SSSR count). The van der Waals surface area contributed by atoms with Crippen LogP contribution in [0.2, 0.25) is 0 Å². The van der Waals surface area contributed by atoms with E-state index >= 15 is 0 Å². The molecule has 0 radical (unpaired) electrons. The number of esters is 1. The maximum Gasteiger partial charge on any atom is 0.329 e. The van der Waals surface area contributed by atoms with Gasteiger partial charge in [0, 0.05) is 12.3 Å². The summed E-state index contributed by atoms with van der Waals surface area (Å²) in [4.78, 5) is 40.0. The minimum atomic E-state index is -0.489. The molecule has 140 valence electrons. The Balaban J connectivity index is 1.65. The van der Waals surface area contributed by atoms with E-state index in [4.69, 9.17) is 4.74 Å². The van der Waals surface area contributed by atoms with Gasteiger partial charge in [-0.25, -0.2) is 4.79 Å². The molecule has 0 unspecified atom stereocenters. The smallest absolute Gasteiger partial charge is 0.329 e. The van der Waals surface area contributed by atoms with Gasteiger partial charge in [-0.15, -0.1) is 11.8 Å². The molecule has 2 saturated heterocycles. The fourth-order valence-corrected chi connectivity index (χ4v) is 5.28. The fraction of sp³-hybridized carbons (Fsp3) is 0.833. The zero-order valence-corrected chi connectivity index (χ0v) is 15.9. The third-order valence-electron chi connectivity index (χ3n) is 5.59. The van der Waals surface area contributed by atoms with Crippen LogP contribution < -0.4 is 0 Å². The molecule has 2 atom stereocenters. The monoisotopic (exact) mass is 368 g/mol. The van der Waals surface area contributed by atoms with Crippen LogP contribution in [-0.2, 0) is 19.1 Å². The number of nitrogens with zero attached hydrogens (tertiary/aromatic N) is 2. The van der Waals surface area contributed by atoms with Crippen LogP contribution in [0.4, 0.5) is 0 Å². The Morgan fingerprint density at radius 1 is 1.08 bits per heavy atom. The van der Waals surface area contributed by atoms with Gasteiger partial charge >= 0.3 is 5.97 Å². The lowest BCUT2D eigenvalue weighted by Gasteiger charge is -2.34. The van der Waals surface area contributed by atoms with E-state index < -0.39 is 12.1 Å². The van der Waals surface area contributed by atoms with Crippen LogP contribution >= 0.6 is 11.8 Å². The second-order valence-corrected chi connectivity index (χ2v) is 9.29. The SMILES string of the molecule is CC1(C)SC[C@H](C(=O)N2CCC[C@@H]2C(=O)OC2CCCCC2)N1C=O. The quantitative estimate of drug-likeness (QED) is 0.562. The lowest BCUT2D eigenvalue weighted by molar-refractivity contribution is -0.160. The minimum Gasteiger partial charge on any atom is -0.461 e. The Bertz CT molecular complexity index is 533. The molecule has 2 heterocycles. The van der Waals surface area contributed by atoms with Crippen LogP contribution in [-0.4, -0.2) is 63.4 Å². The van der Waals surface area contributed by atoms with Crippen LogP contribution in [0.25, 0.3) is 0 Å². The summed E-state index contributed by atoms with van der Waals surface area (Å²) in [5.41, 5.74) is 0. The molecule has 1 aliphatic carbocycles. The summed E-state index contributed by atoms with van der Waals surface area (Å²) in [6.07, 6.45) is 7.50. The van der Waals surface area contributed by atoms with Gasteiger partial charge in [-0.2, -0.15) is 0 Å². The van der Waals surface area contributed by atoms with Crippen molar-refractivity contribution in [2.45, 2.75) is 81.9 Å². The van der Waals surface area contributed by atoms with E-state index in [9.17, 15) is 14.4 Å². The highest BCUT2D eigenvalue weighted by molar-refractivity contribution is 8.00. The number of thioether (sulfide) groups is 1. The first-order valence-corrected chi connectivity index (χ1v) is 10.3. The largest absolute Gasteiger partial charge is 0.461 e.